The third-order valence-electron chi connectivity index (χ3n) is 4.70. The van der Waals surface area contributed by atoms with Crippen molar-refractivity contribution in [2.45, 2.75) is 31.5 Å². The summed E-state index contributed by atoms with van der Waals surface area (Å²) >= 11 is 0. The highest BCUT2D eigenvalue weighted by Crippen LogP contribution is 2.42. The molecule has 1 saturated carbocycles. The minimum absolute atomic E-state index is 0. The number of hydrogen-bond donors (Lipinski definition) is 1. The molecule has 3 rings (SSSR count). The topological polar surface area (TPSA) is 15.3 Å². The molecule has 2 fully saturated rings. The van der Waals surface area contributed by atoms with E-state index in [1.54, 1.807) is 6.07 Å². The fourth-order valence-corrected chi connectivity index (χ4v) is 3.40. The predicted octanol–water partition coefficient (Wildman–Crippen LogP) is 4.30. The van der Waals surface area contributed by atoms with Crippen LogP contribution in [0.25, 0.3) is 0 Å². The van der Waals surface area contributed by atoms with Gasteiger partial charge in [0.2, 0.25) is 0 Å². The number of nitrogens with one attached hydrogen (secondary N) is 1. The molecule has 1 aliphatic heterocycles. The Labute approximate surface area is 147 Å². The van der Waals surface area contributed by atoms with Gasteiger partial charge in [0, 0.05) is 32.2 Å². The van der Waals surface area contributed by atoms with Gasteiger partial charge in [0.25, 0.3) is 0 Å². The summed E-state index contributed by atoms with van der Waals surface area (Å²) in [5.41, 5.74) is 0.302. The zero-order chi connectivity index (χ0) is 14.9. The lowest BCUT2D eigenvalue weighted by molar-refractivity contribution is -0.137. The molecule has 1 saturated heterocycles. The maximum absolute atomic E-state index is 12.9. The lowest BCUT2D eigenvalue weighted by Gasteiger charge is -2.43. The minimum Gasteiger partial charge on any atom is -0.314 e. The summed E-state index contributed by atoms with van der Waals surface area (Å²) < 4.78 is 38.8. The van der Waals surface area contributed by atoms with E-state index in [9.17, 15) is 13.2 Å². The van der Waals surface area contributed by atoms with Crippen LogP contribution in [0.4, 0.5) is 13.2 Å². The summed E-state index contributed by atoms with van der Waals surface area (Å²) in [6.45, 7) is 3.67. The van der Waals surface area contributed by atoms with Gasteiger partial charge in [-0.3, -0.25) is 4.90 Å². The van der Waals surface area contributed by atoms with Gasteiger partial charge in [-0.1, -0.05) is 18.6 Å². The molecule has 1 heterocycles. The van der Waals surface area contributed by atoms with Crippen molar-refractivity contribution in [3.05, 3.63) is 35.4 Å². The highest BCUT2D eigenvalue weighted by molar-refractivity contribution is 5.85. The summed E-state index contributed by atoms with van der Waals surface area (Å²) in [5, 5.41) is 3.31. The molecule has 0 amide bonds. The van der Waals surface area contributed by atoms with Gasteiger partial charge in [0.15, 0.2) is 0 Å². The second kappa shape index (κ2) is 8.56. The van der Waals surface area contributed by atoms with Crippen LogP contribution in [0, 0.1) is 5.92 Å². The van der Waals surface area contributed by atoms with E-state index in [-0.39, 0.29) is 30.9 Å². The van der Waals surface area contributed by atoms with Crippen molar-refractivity contribution >= 4 is 24.8 Å². The Balaban J connectivity index is 0.00000132. The lowest BCUT2D eigenvalue weighted by Crippen LogP contribution is -2.47. The monoisotopic (exact) mass is 370 g/mol. The maximum Gasteiger partial charge on any atom is 0.416 e. The molecule has 0 radical (unpaired) electrons. The van der Waals surface area contributed by atoms with Gasteiger partial charge in [0.1, 0.15) is 0 Å². The van der Waals surface area contributed by atoms with Crippen LogP contribution in [0.1, 0.15) is 36.4 Å². The number of benzene rings is 1. The third kappa shape index (κ3) is 4.75. The number of hydrogen-bond acceptors (Lipinski definition) is 2. The minimum atomic E-state index is -4.26. The molecule has 2 nitrogen and oxygen atoms in total. The summed E-state index contributed by atoms with van der Waals surface area (Å²) in [6, 6.07) is 6.07. The third-order valence-corrected chi connectivity index (χ3v) is 4.70. The van der Waals surface area contributed by atoms with Crippen molar-refractivity contribution in [1.82, 2.24) is 10.2 Å². The molecule has 1 aliphatic carbocycles. The zero-order valence-electron chi connectivity index (χ0n) is 12.8. The van der Waals surface area contributed by atoms with Crippen molar-refractivity contribution in [2.75, 3.05) is 26.2 Å². The molecular weight excluding hydrogens is 348 g/mol. The fraction of sp³-hybridized carbons (Fsp3) is 0.625. The van der Waals surface area contributed by atoms with Gasteiger partial charge in [-0.2, -0.15) is 13.2 Å². The largest absolute Gasteiger partial charge is 0.416 e. The Kier molecular flexibility index (Phi) is 7.65. The smallest absolute Gasteiger partial charge is 0.314 e. The molecule has 2 aliphatic rings. The van der Waals surface area contributed by atoms with Gasteiger partial charge in [-0.25, -0.2) is 0 Å². The van der Waals surface area contributed by atoms with Crippen LogP contribution in [0.5, 0.6) is 0 Å². The number of piperazine rings is 1. The van der Waals surface area contributed by atoms with E-state index in [4.69, 9.17) is 0 Å². The molecule has 23 heavy (non-hydrogen) atoms. The summed E-state index contributed by atoms with van der Waals surface area (Å²) in [6.07, 6.45) is -0.800. The van der Waals surface area contributed by atoms with Crippen LogP contribution in [0.15, 0.2) is 24.3 Å². The van der Waals surface area contributed by atoms with Gasteiger partial charge in [0.05, 0.1) is 5.56 Å². The predicted molar refractivity (Wildman–Crippen MR) is 90.5 cm³/mol. The molecule has 0 aromatic heterocycles. The normalized spacial score (nSPS) is 20.8. The number of rotatable bonds is 3. The molecule has 1 aromatic rings. The first-order valence-electron chi connectivity index (χ1n) is 7.67. The average Bonchev–Trinajstić information content (AvgIpc) is 2.43. The Bertz CT molecular complexity index is 486. The van der Waals surface area contributed by atoms with E-state index in [0.29, 0.717) is 5.92 Å². The molecule has 0 spiro atoms. The van der Waals surface area contributed by atoms with Gasteiger partial charge < -0.3 is 5.32 Å². The Morgan fingerprint density at radius 1 is 1.09 bits per heavy atom. The van der Waals surface area contributed by atoms with Crippen LogP contribution in [0.2, 0.25) is 0 Å². The van der Waals surface area contributed by atoms with E-state index in [1.807, 2.05) is 6.07 Å². The van der Waals surface area contributed by atoms with Crippen LogP contribution in [-0.4, -0.2) is 31.1 Å². The van der Waals surface area contributed by atoms with Gasteiger partial charge >= 0.3 is 6.18 Å². The van der Waals surface area contributed by atoms with Crippen molar-refractivity contribution in [2.24, 2.45) is 5.92 Å². The Hall–Kier alpha value is -0.490. The maximum atomic E-state index is 12.9. The molecule has 1 atom stereocenters. The van der Waals surface area contributed by atoms with Gasteiger partial charge in [-0.05, 0) is 36.5 Å². The first-order valence-corrected chi connectivity index (χ1v) is 7.67. The molecule has 132 valence electrons. The van der Waals surface area contributed by atoms with Crippen LogP contribution < -0.4 is 5.32 Å². The zero-order valence-corrected chi connectivity index (χ0v) is 14.4. The molecule has 7 heteroatoms. The van der Waals surface area contributed by atoms with Crippen molar-refractivity contribution in [1.29, 1.82) is 0 Å². The Morgan fingerprint density at radius 3 is 2.26 bits per heavy atom. The second-order valence-electron chi connectivity index (χ2n) is 6.05. The summed E-state index contributed by atoms with van der Waals surface area (Å²) in [7, 11) is 0. The SMILES string of the molecule is Cl.Cl.FC(F)(F)c1cccc([C@@H](C2CCC2)N2CCNCC2)c1. The van der Waals surface area contributed by atoms with Crippen LogP contribution >= 0.6 is 24.8 Å². The molecular formula is C16H23Cl2F3N2. The van der Waals surface area contributed by atoms with E-state index in [0.717, 1.165) is 44.6 Å². The number of nitrogens with zero attached hydrogens (tertiary/aromatic N) is 1. The molecule has 1 N–H and O–H groups in total. The van der Waals surface area contributed by atoms with Gasteiger partial charge in [-0.15, -0.1) is 24.8 Å². The number of halogens is 5. The van der Waals surface area contributed by atoms with Crippen molar-refractivity contribution < 1.29 is 13.2 Å². The molecule has 1 aromatic carbocycles. The number of alkyl halides is 3. The van der Waals surface area contributed by atoms with Crippen molar-refractivity contribution in [3.8, 4) is 0 Å². The summed E-state index contributed by atoms with van der Waals surface area (Å²) in [5.74, 6) is 0.506. The molecule has 0 bridgehead atoms. The quantitative estimate of drug-likeness (QED) is 0.853. The lowest BCUT2D eigenvalue weighted by atomic mass is 9.76. The van der Waals surface area contributed by atoms with E-state index in [1.165, 1.54) is 18.6 Å². The highest BCUT2D eigenvalue weighted by Gasteiger charge is 2.36. The van der Waals surface area contributed by atoms with Crippen molar-refractivity contribution in [3.63, 3.8) is 0 Å². The van der Waals surface area contributed by atoms with E-state index < -0.39 is 11.7 Å². The van der Waals surface area contributed by atoms with Crippen LogP contribution in [0.3, 0.4) is 0 Å². The standard InChI is InChI=1S/C16H21F3N2.2ClH/c17-16(18,19)14-6-2-5-13(11-14)15(12-3-1-4-12)21-9-7-20-8-10-21;;/h2,5-6,11-12,15,20H,1,3-4,7-10H2;2*1H/t15-;;/m1../s1. The first kappa shape index (κ1) is 20.6. The average molecular weight is 371 g/mol. The van der Waals surface area contributed by atoms with E-state index in [2.05, 4.69) is 10.2 Å². The van der Waals surface area contributed by atoms with Crippen LogP contribution in [-0.2, 0) is 6.18 Å². The second-order valence-corrected chi connectivity index (χ2v) is 6.05. The Morgan fingerprint density at radius 2 is 1.74 bits per heavy atom. The fourth-order valence-electron chi connectivity index (χ4n) is 3.40. The summed E-state index contributed by atoms with van der Waals surface area (Å²) in [4.78, 5) is 2.36. The van der Waals surface area contributed by atoms with E-state index >= 15 is 0 Å². The molecule has 0 unspecified atom stereocenters. The highest BCUT2D eigenvalue weighted by atomic mass is 35.5. The first-order chi connectivity index (χ1) is 10.1.